The van der Waals surface area contributed by atoms with Crippen LogP contribution in [0.2, 0.25) is 0 Å². The zero-order valence-corrected chi connectivity index (χ0v) is 11.7. The van der Waals surface area contributed by atoms with Crippen molar-refractivity contribution in [3.05, 3.63) is 70.2 Å². The number of nitro groups is 1. The maximum atomic E-state index is 10.7. The van der Waals surface area contributed by atoms with Crippen molar-refractivity contribution in [2.24, 2.45) is 0 Å². The number of hydrogen-bond donors (Lipinski definition) is 0. The first-order chi connectivity index (χ1) is 10.6. The Bertz CT molecular complexity index is 784. The van der Waals surface area contributed by atoms with Crippen LogP contribution in [0.1, 0.15) is 24.3 Å². The smallest absolute Gasteiger partial charge is 0.269 e. The van der Waals surface area contributed by atoms with E-state index in [0.717, 1.165) is 5.56 Å². The van der Waals surface area contributed by atoms with E-state index in [1.165, 1.54) is 12.1 Å². The second-order valence-electron chi connectivity index (χ2n) is 4.74. The Morgan fingerprint density at radius 2 is 1.95 bits per heavy atom. The van der Waals surface area contributed by atoms with Crippen LogP contribution < -0.4 is 0 Å². The summed E-state index contributed by atoms with van der Waals surface area (Å²) in [7, 11) is 0. The maximum Gasteiger partial charge on any atom is 0.269 e. The average molecular weight is 296 g/mol. The Labute approximate surface area is 125 Å². The van der Waals surface area contributed by atoms with E-state index < -0.39 is 4.92 Å². The number of aromatic nitrogens is 3. The molecule has 1 aromatic carbocycles. The molecule has 0 aliphatic heterocycles. The third kappa shape index (κ3) is 2.69. The van der Waals surface area contributed by atoms with Gasteiger partial charge in [-0.25, -0.2) is 0 Å². The lowest BCUT2D eigenvalue weighted by atomic mass is 10.0. The molecule has 2 heterocycles. The summed E-state index contributed by atoms with van der Waals surface area (Å²) < 4.78 is 5.28. The molecule has 0 bridgehead atoms. The first-order valence-electron chi connectivity index (χ1n) is 6.64. The zero-order valence-electron chi connectivity index (χ0n) is 11.7. The molecular formula is C15H12N4O3. The molecule has 0 N–H and O–H groups in total. The molecule has 7 heteroatoms. The minimum atomic E-state index is -0.430. The summed E-state index contributed by atoms with van der Waals surface area (Å²) >= 11 is 0. The molecular weight excluding hydrogens is 284 g/mol. The molecule has 0 fully saturated rings. The fraction of sp³-hybridized carbons (Fsp3) is 0.133. The quantitative estimate of drug-likeness (QED) is 0.542. The van der Waals surface area contributed by atoms with Gasteiger partial charge in [-0.2, -0.15) is 4.98 Å². The van der Waals surface area contributed by atoms with Crippen molar-refractivity contribution in [3.63, 3.8) is 0 Å². The van der Waals surface area contributed by atoms with Gasteiger partial charge in [0.25, 0.3) is 5.69 Å². The lowest BCUT2D eigenvalue weighted by Crippen LogP contribution is -1.97. The van der Waals surface area contributed by atoms with Crippen molar-refractivity contribution < 1.29 is 9.45 Å². The molecule has 1 atom stereocenters. The summed E-state index contributed by atoms with van der Waals surface area (Å²) in [6, 6.07) is 11.7. The Hall–Kier alpha value is -3.09. The van der Waals surface area contributed by atoms with Gasteiger partial charge in [-0.1, -0.05) is 23.4 Å². The molecule has 0 radical (unpaired) electrons. The van der Waals surface area contributed by atoms with Crippen molar-refractivity contribution in [2.75, 3.05) is 0 Å². The molecule has 7 nitrogen and oxygen atoms in total. The summed E-state index contributed by atoms with van der Waals surface area (Å²) in [6.45, 7) is 1.90. The Morgan fingerprint density at radius 3 is 2.59 bits per heavy atom. The van der Waals surface area contributed by atoms with Crippen LogP contribution in [0.5, 0.6) is 0 Å². The number of nitro benzene ring substituents is 1. The normalized spacial score (nSPS) is 12.0. The molecule has 0 aliphatic carbocycles. The van der Waals surface area contributed by atoms with Crippen LogP contribution >= 0.6 is 0 Å². The highest BCUT2D eigenvalue weighted by atomic mass is 16.6. The van der Waals surface area contributed by atoms with Gasteiger partial charge in [0.05, 0.1) is 10.8 Å². The molecule has 0 saturated carbocycles. The molecule has 2 aromatic heterocycles. The molecule has 110 valence electrons. The van der Waals surface area contributed by atoms with Crippen LogP contribution in [-0.4, -0.2) is 20.0 Å². The molecule has 0 aliphatic rings. The molecule has 0 amide bonds. The van der Waals surface area contributed by atoms with E-state index in [1.54, 1.807) is 24.4 Å². The highest BCUT2D eigenvalue weighted by molar-refractivity contribution is 5.47. The van der Waals surface area contributed by atoms with Gasteiger partial charge < -0.3 is 4.52 Å². The third-order valence-corrected chi connectivity index (χ3v) is 3.31. The summed E-state index contributed by atoms with van der Waals surface area (Å²) in [4.78, 5) is 18.7. The summed E-state index contributed by atoms with van der Waals surface area (Å²) in [5.41, 5.74) is 1.55. The highest BCUT2D eigenvalue weighted by Gasteiger charge is 2.18. The standard InChI is InChI=1S/C15H12N4O3/c1-10(11-5-7-12(8-6-11)19(20)21)15-17-14(18-22-15)13-4-2-3-9-16-13/h2-10H,1H3/t10-/m0/s1. The van der Waals surface area contributed by atoms with Gasteiger partial charge in [-0.05, 0) is 24.6 Å². The maximum absolute atomic E-state index is 10.7. The number of rotatable bonds is 4. The lowest BCUT2D eigenvalue weighted by Gasteiger charge is -2.05. The number of nitrogens with zero attached hydrogens (tertiary/aromatic N) is 4. The Morgan fingerprint density at radius 1 is 1.18 bits per heavy atom. The van der Waals surface area contributed by atoms with E-state index in [4.69, 9.17) is 4.52 Å². The van der Waals surface area contributed by atoms with E-state index in [2.05, 4.69) is 15.1 Å². The van der Waals surface area contributed by atoms with E-state index >= 15 is 0 Å². The lowest BCUT2D eigenvalue weighted by molar-refractivity contribution is -0.384. The molecule has 0 unspecified atom stereocenters. The molecule has 0 saturated heterocycles. The number of pyridine rings is 1. The van der Waals surface area contributed by atoms with E-state index in [1.807, 2.05) is 19.1 Å². The Balaban J connectivity index is 1.85. The Kier molecular flexibility index (Phi) is 3.61. The number of hydrogen-bond acceptors (Lipinski definition) is 6. The fourth-order valence-corrected chi connectivity index (χ4v) is 2.04. The van der Waals surface area contributed by atoms with Gasteiger partial charge in [-0.15, -0.1) is 0 Å². The van der Waals surface area contributed by atoms with Crippen LogP contribution in [0.15, 0.2) is 53.2 Å². The predicted molar refractivity (Wildman–Crippen MR) is 78.1 cm³/mol. The van der Waals surface area contributed by atoms with Gasteiger partial charge in [0.15, 0.2) is 0 Å². The van der Waals surface area contributed by atoms with Gasteiger partial charge >= 0.3 is 0 Å². The summed E-state index contributed by atoms with van der Waals surface area (Å²) in [6.07, 6.45) is 1.66. The average Bonchev–Trinajstić information content (AvgIpc) is 3.05. The van der Waals surface area contributed by atoms with Gasteiger partial charge in [-0.3, -0.25) is 15.1 Å². The van der Waals surface area contributed by atoms with Crippen LogP contribution in [0.4, 0.5) is 5.69 Å². The first-order valence-corrected chi connectivity index (χ1v) is 6.64. The van der Waals surface area contributed by atoms with Gasteiger partial charge in [0.1, 0.15) is 5.69 Å². The van der Waals surface area contributed by atoms with Crippen molar-refractivity contribution in [1.29, 1.82) is 0 Å². The van der Waals surface area contributed by atoms with Gasteiger partial charge in [0, 0.05) is 18.3 Å². The molecule has 0 spiro atoms. The number of non-ortho nitro benzene ring substituents is 1. The van der Waals surface area contributed by atoms with Crippen molar-refractivity contribution >= 4 is 5.69 Å². The van der Waals surface area contributed by atoms with E-state index in [-0.39, 0.29) is 11.6 Å². The monoisotopic (exact) mass is 296 g/mol. The minimum absolute atomic E-state index is 0.0515. The predicted octanol–water partition coefficient (Wildman–Crippen LogP) is 3.19. The van der Waals surface area contributed by atoms with E-state index in [9.17, 15) is 10.1 Å². The van der Waals surface area contributed by atoms with Crippen LogP contribution in [0.3, 0.4) is 0 Å². The second-order valence-corrected chi connectivity index (χ2v) is 4.74. The first kappa shape index (κ1) is 13.9. The van der Waals surface area contributed by atoms with E-state index in [0.29, 0.717) is 17.4 Å². The van der Waals surface area contributed by atoms with Gasteiger partial charge in [0.2, 0.25) is 11.7 Å². The zero-order chi connectivity index (χ0) is 15.5. The fourth-order valence-electron chi connectivity index (χ4n) is 2.04. The number of benzene rings is 1. The van der Waals surface area contributed by atoms with Crippen molar-refractivity contribution in [3.8, 4) is 11.5 Å². The molecule has 22 heavy (non-hydrogen) atoms. The molecule has 3 aromatic rings. The van der Waals surface area contributed by atoms with Crippen molar-refractivity contribution in [2.45, 2.75) is 12.8 Å². The molecule has 3 rings (SSSR count). The third-order valence-electron chi connectivity index (χ3n) is 3.31. The van der Waals surface area contributed by atoms with Crippen LogP contribution in [-0.2, 0) is 0 Å². The summed E-state index contributed by atoms with van der Waals surface area (Å²) in [5.74, 6) is 0.699. The topological polar surface area (TPSA) is 95.0 Å². The minimum Gasteiger partial charge on any atom is -0.338 e. The SMILES string of the molecule is C[C@@H](c1ccc([N+](=O)[O-])cc1)c1nc(-c2ccccn2)no1. The second kappa shape index (κ2) is 5.72. The largest absolute Gasteiger partial charge is 0.338 e. The van der Waals surface area contributed by atoms with Crippen LogP contribution in [0, 0.1) is 10.1 Å². The highest BCUT2D eigenvalue weighted by Crippen LogP contribution is 2.26. The van der Waals surface area contributed by atoms with Crippen molar-refractivity contribution in [1.82, 2.24) is 15.1 Å². The summed E-state index contributed by atoms with van der Waals surface area (Å²) in [5, 5.41) is 14.6. The van der Waals surface area contributed by atoms with Crippen LogP contribution in [0.25, 0.3) is 11.5 Å².